The monoisotopic (exact) mass is 376 g/mol. The first-order chi connectivity index (χ1) is 12.2. The van der Waals surface area contributed by atoms with Crippen molar-refractivity contribution in [3.63, 3.8) is 0 Å². The number of rotatable bonds is 3. The highest BCUT2D eigenvalue weighted by molar-refractivity contribution is 5.71. The zero-order chi connectivity index (χ0) is 19.1. The van der Waals surface area contributed by atoms with Gasteiger partial charge in [-0.05, 0) is 6.42 Å². The van der Waals surface area contributed by atoms with Crippen molar-refractivity contribution in [3.8, 4) is 5.88 Å². The summed E-state index contributed by atoms with van der Waals surface area (Å²) in [6, 6.07) is -1.02. The van der Waals surface area contributed by atoms with Crippen molar-refractivity contribution in [2.45, 2.75) is 25.1 Å². The summed E-state index contributed by atoms with van der Waals surface area (Å²) < 4.78 is 45.2. The number of carboxylic acid groups (broad SMARTS) is 1. The molecular formula is C14H15F3N4O5. The lowest BCUT2D eigenvalue weighted by atomic mass is 9.92. The van der Waals surface area contributed by atoms with Gasteiger partial charge in [0.25, 0.3) is 0 Å². The number of nitrogens with zero attached hydrogens (tertiary/aromatic N) is 3. The molecule has 1 fully saturated rings. The summed E-state index contributed by atoms with van der Waals surface area (Å²) in [4.78, 5) is 26.6. The number of fused-ring (bicyclic) bond motifs is 1. The summed E-state index contributed by atoms with van der Waals surface area (Å²) >= 11 is 0. The Morgan fingerprint density at radius 1 is 1.46 bits per heavy atom. The van der Waals surface area contributed by atoms with Crippen molar-refractivity contribution in [1.82, 2.24) is 10.3 Å². The maximum absolute atomic E-state index is 13.3. The van der Waals surface area contributed by atoms with Crippen LogP contribution in [-0.2, 0) is 6.42 Å². The molecule has 2 atom stereocenters. The van der Waals surface area contributed by atoms with Crippen LogP contribution < -0.4 is 15.0 Å². The number of aromatic nitrogens is 1. The van der Waals surface area contributed by atoms with Gasteiger partial charge in [-0.25, -0.2) is 9.78 Å². The van der Waals surface area contributed by atoms with Gasteiger partial charge < -0.3 is 20.1 Å². The van der Waals surface area contributed by atoms with Gasteiger partial charge in [0, 0.05) is 25.1 Å². The molecule has 1 saturated heterocycles. The van der Waals surface area contributed by atoms with E-state index < -0.39 is 47.8 Å². The Hall–Kier alpha value is -2.79. The van der Waals surface area contributed by atoms with E-state index in [0.29, 0.717) is 5.56 Å². The summed E-state index contributed by atoms with van der Waals surface area (Å²) in [6.07, 6.45) is -5.20. The van der Waals surface area contributed by atoms with Crippen molar-refractivity contribution >= 4 is 17.5 Å². The number of pyridine rings is 1. The van der Waals surface area contributed by atoms with E-state index in [2.05, 4.69) is 10.3 Å². The number of anilines is 1. The van der Waals surface area contributed by atoms with Crippen LogP contribution in [0.1, 0.15) is 12.0 Å². The molecule has 0 bridgehead atoms. The van der Waals surface area contributed by atoms with E-state index in [0.717, 1.165) is 6.20 Å². The number of hydrogen-bond donors (Lipinski definition) is 2. The lowest BCUT2D eigenvalue weighted by Crippen LogP contribution is -2.54. The van der Waals surface area contributed by atoms with Crippen LogP contribution in [-0.4, -0.2) is 53.0 Å². The number of carbonyl (C=O) groups is 1. The van der Waals surface area contributed by atoms with Gasteiger partial charge in [0.15, 0.2) is 0 Å². The Morgan fingerprint density at radius 2 is 2.19 bits per heavy atom. The first kappa shape index (κ1) is 18.0. The summed E-state index contributed by atoms with van der Waals surface area (Å²) in [5.74, 6) is -1.67. The molecule has 0 unspecified atom stereocenters. The van der Waals surface area contributed by atoms with Crippen molar-refractivity contribution in [3.05, 3.63) is 21.9 Å². The van der Waals surface area contributed by atoms with Gasteiger partial charge in [-0.15, -0.1) is 0 Å². The predicted molar refractivity (Wildman–Crippen MR) is 81.4 cm³/mol. The third-order valence-corrected chi connectivity index (χ3v) is 4.44. The molecule has 0 aromatic carbocycles. The number of ether oxygens (including phenoxy) is 1. The van der Waals surface area contributed by atoms with Gasteiger partial charge in [-0.1, -0.05) is 0 Å². The molecule has 2 aliphatic rings. The van der Waals surface area contributed by atoms with Crippen molar-refractivity contribution < 1.29 is 32.7 Å². The Labute approximate surface area is 144 Å². The highest BCUT2D eigenvalue weighted by Gasteiger charge is 2.46. The topological polar surface area (TPSA) is 118 Å². The quantitative estimate of drug-likeness (QED) is 0.611. The molecule has 3 heterocycles. The van der Waals surface area contributed by atoms with Crippen LogP contribution in [0.4, 0.5) is 29.3 Å². The molecule has 0 spiro atoms. The lowest BCUT2D eigenvalue weighted by molar-refractivity contribution is -0.384. The average Bonchev–Trinajstić information content (AvgIpc) is 3.00. The van der Waals surface area contributed by atoms with Crippen molar-refractivity contribution in [1.29, 1.82) is 0 Å². The molecule has 1 aromatic heterocycles. The van der Waals surface area contributed by atoms with Gasteiger partial charge in [0.05, 0.1) is 23.5 Å². The van der Waals surface area contributed by atoms with Crippen LogP contribution in [0.15, 0.2) is 6.20 Å². The molecule has 0 saturated carbocycles. The van der Waals surface area contributed by atoms with Gasteiger partial charge >= 0.3 is 18.0 Å². The Kier molecular flexibility index (Phi) is 4.50. The fourth-order valence-electron chi connectivity index (χ4n) is 3.40. The molecule has 2 N–H and O–H groups in total. The predicted octanol–water partition coefficient (Wildman–Crippen LogP) is 1.95. The average molecular weight is 376 g/mol. The van der Waals surface area contributed by atoms with E-state index in [-0.39, 0.29) is 31.1 Å². The van der Waals surface area contributed by atoms with E-state index in [9.17, 15) is 28.1 Å². The van der Waals surface area contributed by atoms with E-state index in [4.69, 9.17) is 9.84 Å². The molecule has 1 amide bonds. The van der Waals surface area contributed by atoms with E-state index >= 15 is 0 Å². The van der Waals surface area contributed by atoms with Crippen molar-refractivity contribution in [2.75, 3.05) is 24.6 Å². The smallest absolute Gasteiger partial charge is 0.404 e. The third-order valence-electron chi connectivity index (χ3n) is 4.44. The number of nitrogens with one attached hydrogen (secondary N) is 1. The van der Waals surface area contributed by atoms with Crippen LogP contribution in [0.25, 0.3) is 0 Å². The SMILES string of the molecule is O=C(O)N[C@H]1C[C@@H](C(F)(F)F)CN(c2c([N+](=O)[O-])cnc3c2CCO3)C1. The normalized spacial score (nSPS) is 22.5. The first-order valence-electron chi connectivity index (χ1n) is 7.77. The molecule has 0 radical (unpaired) electrons. The highest BCUT2D eigenvalue weighted by Crippen LogP contribution is 2.42. The number of alkyl halides is 3. The maximum Gasteiger partial charge on any atom is 0.404 e. The Morgan fingerprint density at radius 3 is 2.81 bits per heavy atom. The van der Waals surface area contributed by atoms with Crippen LogP contribution in [0.2, 0.25) is 0 Å². The minimum absolute atomic E-state index is 0.0173. The van der Waals surface area contributed by atoms with Gasteiger partial charge in [-0.2, -0.15) is 13.2 Å². The molecule has 3 rings (SSSR count). The second-order valence-electron chi connectivity index (χ2n) is 6.16. The summed E-state index contributed by atoms with van der Waals surface area (Å²) in [6.45, 7) is -0.390. The van der Waals surface area contributed by atoms with Gasteiger partial charge in [0.2, 0.25) is 5.88 Å². The van der Waals surface area contributed by atoms with E-state index in [1.165, 1.54) is 4.90 Å². The van der Waals surface area contributed by atoms with E-state index in [1.54, 1.807) is 0 Å². The first-order valence-corrected chi connectivity index (χ1v) is 7.77. The number of piperidine rings is 1. The molecule has 142 valence electrons. The van der Waals surface area contributed by atoms with Gasteiger partial charge in [-0.3, -0.25) is 10.1 Å². The van der Waals surface area contributed by atoms with Gasteiger partial charge in [0.1, 0.15) is 11.9 Å². The van der Waals surface area contributed by atoms with Crippen LogP contribution in [0.3, 0.4) is 0 Å². The van der Waals surface area contributed by atoms with Crippen LogP contribution in [0, 0.1) is 16.0 Å². The standard InChI is InChI=1S/C14H15F3N4O5/c15-14(16,17)7-3-8(19-13(22)23)6-20(5-7)11-9-1-2-26-12(9)18-4-10(11)21(24)25/h4,7-8,19H,1-3,5-6H2,(H,22,23)/t7-,8+/m1/s1. The number of halogens is 3. The molecule has 2 aliphatic heterocycles. The third kappa shape index (κ3) is 3.44. The summed E-state index contributed by atoms with van der Waals surface area (Å²) in [7, 11) is 0. The second kappa shape index (κ2) is 6.50. The Balaban J connectivity index is 2.02. The minimum Gasteiger partial charge on any atom is -0.477 e. The van der Waals surface area contributed by atoms with Crippen LogP contribution >= 0.6 is 0 Å². The largest absolute Gasteiger partial charge is 0.477 e. The summed E-state index contributed by atoms with van der Waals surface area (Å²) in [5, 5.41) is 22.3. The van der Waals surface area contributed by atoms with Crippen molar-refractivity contribution in [2.24, 2.45) is 5.92 Å². The molecule has 12 heteroatoms. The summed E-state index contributed by atoms with van der Waals surface area (Å²) in [5.41, 5.74) is -0.0362. The molecule has 9 nitrogen and oxygen atoms in total. The molecular weight excluding hydrogens is 361 g/mol. The highest BCUT2D eigenvalue weighted by atomic mass is 19.4. The minimum atomic E-state index is -4.56. The fraction of sp³-hybridized carbons (Fsp3) is 0.571. The molecule has 1 aromatic rings. The van der Waals surface area contributed by atoms with E-state index in [1.807, 2.05) is 0 Å². The molecule has 0 aliphatic carbocycles. The fourth-order valence-corrected chi connectivity index (χ4v) is 3.40. The number of nitro groups is 1. The second-order valence-corrected chi connectivity index (χ2v) is 6.16. The number of amides is 1. The maximum atomic E-state index is 13.3. The Bertz CT molecular complexity index is 742. The van der Waals surface area contributed by atoms with Crippen LogP contribution in [0.5, 0.6) is 5.88 Å². The molecule has 26 heavy (non-hydrogen) atoms. The number of hydrogen-bond acceptors (Lipinski definition) is 6. The zero-order valence-corrected chi connectivity index (χ0v) is 13.3. The lowest BCUT2D eigenvalue weighted by Gasteiger charge is -2.39. The zero-order valence-electron chi connectivity index (χ0n) is 13.3.